The van der Waals surface area contributed by atoms with Gasteiger partial charge in [-0.05, 0) is 12.5 Å². The molecule has 1 atom stereocenters. The van der Waals surface area contributed by atoms with Gasteiger partial charge in [-0.2, -0.15) is 0 Å². The summed E-state index contributed by atoms with van der Waals surface area (Å²) in [5, 5.41) is 14.6. The molecule has 4 rings (SSSR count). The maximum atomic E-state index is 10.8. The van der Waals surface area contributed by atoms with E-state index in [0.717, 1.165) is 50.5 Å². The van der Waals surface area contributed by atoms with Gasteiger partial charge in [0.2, 0.25) is 0 Å². The summed E-state index contributed by atoms with van der Waals surface area (Å²) in [6, 6.07) is 3.46. The van der Waals surface area contributed by atoms with Crippen molar-refractivity contribution in [2.45, 2.75) is 13.0 Å². The minimum Gasteiger partial charge on any atom is -0.382 e. The van der Waals surface area contributed by atoms with Gasteiger partial charge in [0, 0.05) is 57.4 Å². The highest BCUT2D eigenvalue weighted by Crippen LogP contribution is 2.31. The number of benzene rings is 1. The summed E-state index contributed by atoms with van der Waals surface area (Å²) in [5.41, 5.74) is 1.65. The standard InChI is InChI=1S/C14H19ClN4O2/c1-10-6-11(19(20)21)7-13(15)14(10)16-8-12-9-17-2-4-18(12)5-3-17/h6-7,12,16H,2-5,8-9H2,1H3. The third-order valence-electron chi connectivity index (χ3n) is 4.39. The van der Waals surface area contributed by atoms with Crippen LogP contribution in [0, 0.1) is 17.0 Å². The van der Waals surface area contributed by atoms with Crippen LogP contribution in [0.4, 0.5) is 11.4 Å². The predicted octanol–water partition coefficient (Wildman–Crippen LogP) is 1.97. The number of nitrogens with one attached hydrogen (secondary N) is 1. The lowest BCUT2D eigenvalue weighted by molar-refractivity contribution is -0.384. The molecule has 0 aliphatic carbocycles. The topological polar surface area (TPSA) is 61.7 Å². The number of hydrogen-bond acceptors (Lipinski definition) is 5. The summed E-state index contributed by atoms with van der Waals surface area (Å²) in [7, 11) is 0. The van der Waals surface area contributed by atoms with E-state index in [9.17, 15) is 10.1 Å². The van der Waals surface area contributed by atoms with Crippen molar-refractivity contribution >= 4 is 23.0 Å². The van der Waals surface area contributed by atoms with Crippen molar-refractivity contribution in [1.82, 2.24) is 9.80 Å². The Morgan fingerprint density at radius 3 is 2.62 bits per heavy atom. The number of rotatable bonds is 4. The molecule has 0 spiro atoms. The second-order valence-corrected chi connectivity index (χ2v) is 6.16. The van der Waals surface area contributed by atoms with E-state index >= 15 is 0 Å². The zero-order valence-corrected chi connectivity index (χ0v) is 12.8. The average Bonchev–Trinajstić information content (AvgIpc) is 2.47. The van der Waals surface area contributed by atoms with Crippen LogP contribution in [0.1, 0.15) is 5.56 Å². The van der Waals surface area contributed by atoms with Crippen molar-refractivity contribution in [3.05, 3.63) is 32.8 Å². The lowest BCUT2D eigenvalue weighted by Gasteiger charge is -2.47. The van der Waals surface area contributed by atoms with Crippen LogP contribution in [-0.2, 0) is 0 Å². The molecule has 3 heterocycles. The molecule has 2 bridgehead atoms. The van der Waals surface area contributed by atoms with Gasteiger partial charge in [0.05, 0.1) is 15.6 Å². The first-order valence-corrected chi connectivity index (χ1v) is 7.57. The van der Waals surface area contributed by atoms with Gasteiger partial charge in [-0.1, -0.05) is 11.6 Å². The van der Waals surface area contributed by atoms with Gasteiger partial charge in [-0.25, -0.2) is 0 Å². The molecule has 0 aromatic heterocycles. The molecule has 0 amide bonds. The lowest BCUT2D eigenvalue weighted by atomic mass is 10.1. The summed E-state index contributed by atoms with van der Waals surface area (Å²) >= 11 is 6.18. The second kappa shape index (κ2) is 5.79. The Morgan fingerprint density at radius 1 is 1.38 bits per heavy atom. The van der Waals surface area contributed by atoms with E-state index in [2.05, 4.69) is 15.1 Å². The highest BCUT2D eigenvalue weighted by Gasteiger charge is 2.31. The van der Waals surface area contributed by atoms with Crippen molar-refractivity contribution in [3.8, 4) is 0 Å². The van der Waals surface area contributed by atoms with Crippen LogP contribution in [-0.4, -0.2) is 60.0 Å². The third-order valence-corrected chi connectivity index (χ3v) is 4.69. The molecular weight excluding hydrogens is 292 g/mol. The quantitative estimate of drug-likeness (QED) is 0.680. The summed E-state index contributed by atoms with van der Waals surface area (Å²) < 4.78 is 0. The van der Waals surface area contributed by atoms with E-state index in [-0.39, 0.29) is 5.69 Å². The summed E-state index contributed by atoms with van der Waals surface area (Å²) in [4.78, 5) is 15.4. The molecule has 1 unspecified atom stereocenters. The minimum absolute atomic E-state index is 0.0367. The molecule has 6 nitrogen and oxygen atoms in total. The van der Waals surface area contributed by atoms with Crippen LogP contribution < -0.4 is 5.32 Å². The van der Waals surface area contributed by atoms with Crippen LogP contribution in [0.25, 0.3) is 0 Å². The van der Waals surface area contributed by atoms with Crippen molar-refractivity contribution in [2.75, 3.05) is 44.6 Å². The van der Waals surface area contributed by atoms with Crippen LogP contribution in [0.5, 0.6) is 0 Å². The largest absolute Gasteiger partial charge is 0.382 e. The van der Waals surface area contributed by atoms with Crippen molar-refractivity contribution in [2.24, 2.45) is 0 Å². The van der Waals surface area contributed by atoms with E-state index in [0.29, 0.717) is 11.1 Å². The Balaban J connectivity index is 1.69. The molecule has 1 N–H and O–H groups in total. The smallest absolute Gasteiger partial charge is 0.271 e. The van der Waals surface area contributed by atoms with Gasteiger partial charge >= 0.3 is 0 Å². The number of hydrogen-bond donors (Lipinski definition) is 1. The van der Waals surface area contributed by atoms with Gasteiger partial charge in [0.15, 0.2) is 0 Å². The lowest BCUT2D eigenvalue weighted by Crippen LogP contribution is -2.62. The SMILES string of the molecule is Cc1cc([N+](=O)[O-])cc(Cl)c1NCC1CN2CCN1CC2. The molecule has 1 aromatic rings. The molecular formula is C14H19ClN4O2. The molecule has 0 radical (unpaired) electrons. The van der Waals surface area contributed by atoms with Gasteiger partial charge in [-0.15, -0.1) is 0 Å². The molecule has 3 aliphatic heterocycles. The molecule has 1 aromatic carbocycles. The number of non-ortho nitro benzene ring substituents is 1. The maximum Gasteiger partial charge on any atom is 0.271 e. The Kier molecular flexibility index (Phi) is 4.01. The summed E-state index contributed by atoms with van der Waals surface area (Å²) in [5.74, 6) is 0. The Labute approximate surface area is 128 Å². The molecule has 0 saturated carbocycles. The molecule has 3 aliphatic rings. The summed E-state index contributed by atoms with van der Waals surface area (Å²) in [6.45, 7) is 8.31. The number of anilines is 1. The van der Waals surface area contributed by atoms with E-state index < -0.39 is 4.92 Å². The fourth-order valence-corrected chi connectivity index (χ4v) is 3.52. The maximum absolute atomic E-state index is 10.8. The monoisotopic (exact) mass is 310 g/mol. The highest BCUT2D eigenvalue weighted by atomic mass is 35.5. The number of aryl methyl sites for hydroxylation is 1. The van der Waals surface area contributed by atoms with Gasteiger partial charge in [-0.3, -0.25) is 19.9 Å². The average molecular weight is 311 g/mol. The van der Waals surface area contributed by atoms with Crippen molar-refractivity contribution in [1.29, 1.82) is 0 Å². The van der Waals surface area contributed by atoms with E-state index in [1.54, 1.807) is 6.07 Å². The number of halogens is 1. The first-order chi connectivity index (χ1) is 10.0. The number of fused-ring (bicyclic) bond motifs is 3. The van der Waals surface area contributed by atoms with E-state index in [1.807, 2.05) is 6.92 Å². The van der Waals surface area contributed by atoms with Crippen LogP contribution in [0.15, 0.2) is 12.1 Å². The number of nitrogens with zero attached hydrogens (tertiary/aromatic N) is 3. The molecule has 114 valence electrons. The highest BCUT2D eigenvalue weighted by molar-refractivity contribution is 6.33. The Hall–Kier alpha value is -1.37. The second-order valence-electron chi connectivity index (χ2n) is 5.75. The first kappa shape index (κ1) is 14.6. The van der Waals surface area contributed by atoms with Gasteiger partial charge in [0.25, 0.3) is 5.69 Å². The van der Waals surface area contributed by atoms with Crippen LogP contribution in [0.2, 0.25) is 5.02 Å². The third kappa shape index (κ3) is 2.97. The van der Waals surface area contributed by atoms with Crippen LogP contribution >= 0.6 is 11.6 Å². The molecule has 3 fully saturated rings. The van der Waals surface area contributed by atoms with Crippen molar-refractivity contribution in [3.63, 3.8) is 0 Å². The zero-order valence-electron chi connectivity index (χ0n) is 12.0. The van der Waals surface area contributed by atoms with E-state index in [4.69, 9.17) is 11.6 Å². The molecule has 7 heteroatoms. The zero-order chi connectivity index (χ0) is 15.0. The van der Waals surface area contributed by atoms with Gasteiger partial charge in [0.1, 0.15) is 0 Å². The number of nitro groups is 1. The first-order valence-electron chi connectivity index (χ1n) is 7.19. The number of nitro benzene ring substituents is 1. The van der Waals surface area contributed by atoms with E-state index in [1.165, 1.54) is 6.07 Å². The Bertz CT molecular complexity index is 535. The van der Waals surface area contributed by atoms with Crippen LogP contribution in [0.3, 0.4) is 0 Å². The minimum atomic E-state index is -0.415. The summed E-state index contributed by atoms with van der Waals surface area (Å²) in [6.07, 6.45) is 0. The fourth-order valence-electron chi connectivity index (χ4n) is 3.19. The number of piperazine rings is 3. The molecule has 3 saturated heterocycles. The fraction of sp³-hybridized carbons (Fsp3) is 0.571. The Morgan fingerprint density at radius 2 is 2.10 bits per heavy atom. The van der Waals surface area contributed by atoms with Gasteiger partial charge < -0.3 is 5.32 Å². The van der Waals surface area contributed by atoms with Crippen molar-refractivity contribution < 1.29 is 4.92 Å². The normalized spacial score (nSPS) is 27.6. The molecule has 21 heavy (non-hydrogen) atoms. The predicted molar refractivity (Wildman–Crippen MR) is 83.1 cm³/mol.